The Bertz CT molecular complexity index is 1070. The standard InChI is InChI=1S/C25H27NO6/c1-7-32-25(28)22-16(3)26(18-10-8-15(2)9-11-18)24(27)19(22)12-17-13-20(29-4)23(31-6)21(14-17)30-5/h8-14H,7H2,1-6H3/b19-12-. The zero-order chi connectivity index (χ0) is 23.4. The van der Waals surface area contributed by atoms with Crippen molar-refractivity contribution in [3.8, 4) is 17.2 Å². The van der Waals surface area contributed by atoms with Crippen molar-refractivity contribution in [2.45, 2.75) is 20.8 Å². The van der Waals surface area contributed by atoms with Gasteiger partial charge in [0.15, 0.2) is 11.5 Å². The smallest absolute Gasteiger partial charge is 0.340 e. The second-order valence-corrected chi connectivity index (χ2v) is 7.17. The number of hydrogen-bond donors (Lipinski definition) is 0. The summed E-state index contributed by atoms with van der Waals surface area (Å²) in [5.41, 5.74) is 3.33. The van der Waals surface area contributed by atoms with Gasteiger partial charge in [-0.25, -0.2) is 4.79 Å². The summed E-state index contributed by atoms with van der Waals surface area (Å²) >= 11 is 0. The van der Waals surface area contributed by atoms with Gasteiger partial charge in [0, 0.05) is 11.4 Å². The SMILES string of the molecule is CCOC(=O)C1=C(C)N(c2ccc(C)cc2)C(=O)/C1=C\c1cc(OC)c(OC)c(OC)c1. The van der Waals surface area contributed by atoms with Crippen molar-refractivity contribution in [3.63, 3.8) is 0 Å². The number of carbonyl (C=O) groups excluding carboxylic acids is 2. The normalized spacial score (nSPS) is 14.8. The van der Waals surface area contributed by atoms with E-state index in [9.17, 15) is 9.59 Å². The van der Waals surface area contributed by atoms with Gasteiger partial charge in [0.05, 0.1) is 39.1 Å². The molecule has 7 heteroatoms. The first-order chi connectivity index (χ1) is 15.4. The minimum atomic E-state index is -0.549. The summed E-state index contributed by atoms with van der Waals surface area (Å²) in [6, 6.07) is 11.0. The number of anilines is 1. The predicted molar refractivity (Wildman–Crippen MR) is 122 cm³/mol. The molecule has 0 saturated carbocycles. The first-order valence-electron chi connectivity index (χ1n) is 10.2. The largest absolute Gasteiger partial charge is 0.493 e. The van der Waals surface area contributed by atoms with Crippen LogP contribution in [0.25, 0.3) is 6.08 Å². The van der Waals surface area contributed by atoms with Gasteiger partial charge in [-0.1, -0.05) is 17.7 Å². The molecule has 1 amide bonds. The van der Waals surface area contributed by atoms with Crippen molar-refractivity contribution in [2.24, 2.45) is 0 Å². The van der Waals surface area contributed by atoms with Crippen molar-refractivity contribution in [1.29, 1.82) is 0 Å². The van der Waals surface area contributed by atoms with Gasteiger partial charge < -0.3 is 18.9 Å². The quantitative estimate of drug-likeness (QED) is 0.475. The summed E-state index contributed by atoms with van der Waals surface area (Å²) in [5, 5.41) is 0. The molecule has 7 nitrogen and oxygen atoms in total. The van der Waals surface area contributed by atoms with Gasteiger partial charge in [-0.15, -0.1) is 0 Å². The molecule has 0 bridgehead atoms. The van der Waals surface area contributed by atoms with Crippen LogP contribution in [0.5, 0.6) is 17.2 Å². The Balaban J connectivity index is 2.17. The number of rotatable bonds is 7. The average Bonchev–Trinajstić information content (AvgIpc) is 3.03. The molecule has 3 rings (SSSR count). The Morgan fingerprint density at radius 1 is 0.969 bits per heavy atom. The van der Waals surface area contributed by atoms with Crippen LogP contribution < -0.4 is 19.1 Å². The van der Waals surface area contributed by atoms with Crippen LogP contribution in [0.4, 0.5) is 5.69 Å². The fraction of sp³-hybridized carbons (Fsp3) is 0.280. The van der Waals surface area contributed by atoms with Crippen LogP contribution in [0.2, 0.25) is 0 Å². The zero-order valence-corrected chi connectivity index (χ0v) is 19.1. The number of ether oxygens (including phenoxy) is 4. The van der Waals surface area contributed by atoms with Gasteiger partial charge in [0.1, 0.15) is 0 Å². The van der Waals surface area contributed by atoms with Crippen LogP contribution in [-0.2, 0) is 14.3 Å². The number of amides is 1. The van der Waals surface area contributed by atoms with E-state index in [2.05, 4.69) is 0 Å². The van der Waals surface area contributed by atoms with Crippen molar-refractivity contribution < 1.29 is 28.5 Å². The van der Waals surface area contributed by atoms with E-state index in [-0.39, 0.29) is 23.7 Å². The molecule has 0 saturated heterocycles. The molecule has 0 spiro atoms. The molecule has 168 valence electrons. The second kappa shape index (κ2) is 9.60. The van der Waals surface area contributed by atoms with Crippen LogP contribution in [0.1, 0.15) is 25.0 Å². The first-order valence-corrected chi connectivity index (χ1v) is 10.2. The van der Waals surface area contributed by atoms with E-state index in [0.717, 1.165) is 5.56 Å². The van der Waals surface area contributed by atoms with Crippen LogP contribution >= 0.6 is 0 Å². The molecule has 0 atom stereocenters. The van der Waals surface area contributed by atoms with E-state index < -0.39 is 5.97 Å². The minimum absolute atomic E-state index is 0.200. The van der Waals surface area contributed by atoms with Gasteiger partial charge in [-0.2, -0.15) is 0 Å². The molecule has 0 fully saturated rings. The Kier molecular flexibility index (Phi) is 6.88. The van der Waals surface area contributed by atoms with E-state index in [1.54, 1.807) is 32.1 Å². The topological polar surface area (TPSA) is 74.3 Å². The van der Waals surface area contributed by atoms with Crippen molar-refractivity contribution >= 4 is 23.6 Å². The van der Waals surface area contributed by atoms with E-state index in [4.69, 9.17) is 18.9 Å². The van der Waals surface area contributed by atoms with Gasteiger partial charge >= 0.3 is 5.97 Å². The first kappa shape index (κ1) is 22.9. The summed E-state index contributed by atoms with van der Waals surface area (Å²) in [5.74, 6) is 0.458. The highest BCUT2D eigenvalue weighted by atomic mass is 16.5. The molecule has 1 aliphatic heterocycles. The Morgan fingerprint density at radius 2 is 1.56 bits per heavy atom. The maximum Gasteiger partial charge on any atom is 0.340 e. The maximum atomic E-state index is 13.5. The summed E-state index contributed by atoms with van der Waals surface area (Å²) in [6.45, 7) is 5.63. The Morgan fingerprint density at radius 3 is 2.06 bits per heavy atom. The molecular formula is C25H27NO6. The van der Waals surface area contributed by atoms with Gasteiger partial charge in [0.25, 0.3) is 5.91 Å². The van der Waals surface area contributed by atoms with Crippen LogP contribution in [0, 0.1) is 6.92 Å². The molecule has 0 radical (unpaired) electrons. The van der Waals surface area contributed by atoms with Gasteiger partial charge in [0.2, 0.25) is 5.75 Å². The molecule has 0 aliphatic carbocycles. The predicted octanol–water partition coefficient (Wildman–Crippen LogP) is 4.29. The summed E-state index contributed by atoms with van der Waals surface area (Å²) < 4.78 is 21.5. The van der Waals surface area contributed by atoms with Crippen molar-refractivity contribution in [2.75, 3.05) is 32.8 Å². The molecule has 0 aromatic heterocycles. The van der Waals surface area contributed by atoms with Crippen LogP contribution in [-0.4, -0.2) is 39.8 Å². The fourth-order valence-electron chi connectivity index (χ4n) is 3.64. The third-order valence-electron chi connectivity index (χ3n) is 5.17. The third kappa shape index (κ3) is 4.19. The number of nitrogens with zero attached hydrogens (tertiary/aromatic N) is 1. The number of carbonyl (C=O) groups is 2. The molecular weight excluding hydrogens is 410 g/mol. The average molecular weight is 437 g/mol. The monoisotopic (exact) mass is 437 g/mol. The lowest BCUT2D eigenvalue weighted by Gasteiger charge is -2.18. The lowest BCUT2D eigenvalue weighted by atomic mass is 10.0. The Hall–Kier alpha value is -3.74. The molecule has 32 heavy (non-hydrogen) atoms. The van der Waals surface area contributed by atoms with E-state index >= 15 is 0 Å². The molecule has 1 heterocycles. The van der Waals surface area contributed by atoms with E-state index in [1.165, 1.54) is 26.2 Å². The van der Waals surface area contributed by atoms with Crippen LogP contribution in [0.3, 0.4) is 0 Å². The minimum Gasteiger partial charge on any atom is -0.493 e. The lowest BCUT2D eigenvalue weighted by Crippen LogP contribution is -2.24. The number of benzene rings is 2. The summed E-state index contributed by atoms with van der Waals surface area (Å²) in [6.07, 6.45) is 1.64. The zero-order valence-electron chi connectivity index (χ0n) is 19.1. The maximum absolute atomic E-state index is 13.5. The summed E-state index contributed by atoms with van der Waals surface area (Å²) in [7, 11) is 4.55. The number of hydrogen-bond acceptors (Lipinski definition) is 6. The highest BCUT2D eigenvalue weighted by Gasteiger charge is 2.38. The number of esters is 1. The van der Waals surface area contributed by atoms with E-state index in [0.29, 0.717) is 34.2 Å². The number of allylic oxidation sites excluding steroid dienone is 1. The van der Waals surface area contributed by atoms with E-state index in [1.807, 2.05) is 31.2 Å². The molecule has 2 aromatic carbocycles. The van der Waals surface area contributed by atoms with Crippen LogP contribution in [0.15, 0.2) is 53.2 Å². The number of methoxy groups -OCH3 is 3. The second-order valence-electron chi connectivity index (χ2n) is 7.17. The third-order valence-corrected chi connectivity index (χ3v) is 5.17. The number of aryl methyl sites for hydroxylation is 1. The van der Waals surface area contributed by atoms with Gasteiger partial charge in [-0.05, 0) is 56.7 Å². The highest BCUT2D eigenvalue weighted by molar-refractivity contribution is 6.23. The summed E-state index contributed by atoms with van der Waals surface area (Å²) in [4.78, 5) is 27.8. The lowest BCUT2D eigenvalue weighted by molar-refractivity contribution is -0.138. The molecule has 2 aromatic rings. The van der Waals surface area contributed by atoms with Gasteiger partial charge in [-0.3, -0.25) is 9.69 Å². The van der Waals surface area contributed by atoms with Crippen molar-refractivity contribution in [1.82, 2.24) is 0 Å². The molecule has 0 N–H and O–H groups in total. The van der Waals surface area contributed by atoms with Crippen molar-refractivity contribution in [3.05, 3.63) is 64.4 Å². The molecule has 0 unspecified atom stereocenters. The molecule has 1 aliphatic rings. The fourth-order valence-corrected chi connectivity index (χ4v) is 3.64. The highest BCUT2D eigenvalue weighted by Crippen LogP contribution is 2.40. The Labute approximate surface area is 187 Å².